The van der Waals surface area contributed by atoms with E-state index >= 15 is 0 Å². The van der Waals surface area contributed by atoms with Gasteiger partial charge in [-0.05, 0) is 31.2 Å². The summed E-state index contributed by atoms with van der Waals surface area (Å²) in [5, 5.41) is -0.445. The van der Waals surface area contributed by atoms with Crippen molar-refractivity contribution < 1.29 is 22.7 Å². The fourth-order valence-corrected chi connectivity index (χ4v) is 2.60. The van der Waals surface area contributed by atoms with Gasteiger partial charge in [-0.3, -0.25) is 19.2 Å². The molecule has 8 nitrogen and oxygen atoms in total. The molecular weight excluding hydrogens is 354 g/mol. The van der Waals surface area contributed by atoms with Gasteiger partial charge in [0.25, 0.3) is 0 Å². The minimum atomic E-state index is -2.48. The summed E-state index contributed by atoms with van der Waals surface area (Å²) in [7, 11) is 0.643. The molecule has 0 aromatic heterocycles. The highest BCUT2D eigenvalue weighted by molar-refractivity contribution is 8.11. The molecule has 0 fully saturated rings. The van der Waals surface area contributed by atoms with Crippen LogP contribution in [0.5, 0.6) is 5.75 Å². The number of ether oxygens (including phenoxy) is 1. The van der Waals surface area contributed by atoms with E-state index in [1.54, 1.807) is 38.4 Å². The summed E-state index contributed by atoms with van der Waals surface area (Å²) in [6, 6.07) is 6.97. The number of amides is 2. The molecule has 0 radical (unpaired) electrons. The van der Waals surface area contributed by atoms with Crippen molar-refractivity contribution in [3.05, 3.63) is 29.8 Å². The van der Waals surface area contributed by atoms with Gasteiger partial charge in [-0.15, -0.1) is 0 Å². The van der Waals surface area contributed by atoms with Crippen LogP contribution in [-0.2, 0) is 21.7 Å². The molecule has 1 aromatic carbocycles. The molecule has 2 amide bonds. The lowest BCUT2D eigenvalue weighted by molar-refractivity contribution is -0.127. The third kappa shape index (κ3) is 7.11. The molecule has 0 spiro atoms. The minimum Gasteiger partial charge on any atom is -0.497 e. The minimum absolute atomic E-state index is 0.0277. The maximum absolute atomic E-state index is 12.4. The maximum Gasteiger partial charge on any atom is 0.311 e. The van der Waals surface area contributed by atoms with Crippen LogP contribution in [0, 0.1) is 0 Å². The lowest BCUT2D eigenvalue weighted by atomic mass is 10.1. The first-order valence-corrected chi connectivity index (χ1v) is 8.90. The molecule has 0 heterocycles. The van der Waals surface area contributed by atoms with Gasteiger partial charge in [0.15, 0.2) is 0 Å². The largest absolute Gasteiger partial charge is 0.497 e. The molecule has 132 valence electrons. The van der Waals surface area contributed by atoms with Crippen LogP contribution in [0.15, 0.2) is 28.6 Å². The lowest BCUT2D eigenvalue weighted by Gasteiger charge is -2.19. The number of imide groups is 1. The van der Waals surface area contributed by atoms with Crippen molar-refractivity contribution in [2.45, 2.75) is 12.8 Å². The first-order valence-electron chi connectivity index (χ1n) is 7.05. The number of nitrogens with zero attached hydrogens (tertiary/aromatic N) is 2. The number of benzene rings is 1. The fraction of sp³-hybridized carbons (Fsp3) is 0.429. The van der Waals surface area contributed by atoms with Crippen molar-refractivity contribution in [3.8, 4) is 5.75 Å². The van der Waals surface area contributed by atoms with E-state index in [-0.39, 0.29) is 31.8 Å². The summed E-state index contributed by atoms with van der Waals surface area (Å²) in [4.78, 5) is 25.5. The van der Waals surface area contributed by atoms with Crippen molar-refractivity contribution in [2.24, 2.45) is 4.36 Å². The molecular formula is C14H19N3O5S2. The van der Waals surface area contributed by atoms with Crippen LogP contribution in [0.1, 0.15) is 12.0 Å². The summed E-state index contributed by atoms with van der Waals surface area (Å²) in [6.45, 7) is 0.128. The second kappa shape index (κ2) is 10.8. The average molecular weight is 373 g/mol. The van der Waals surface area contributed by atoms with Gasteiger partial charge in [0.1, 0.15) is 5.75 Å². The number of hydrogen-bond donors (Lipinski definition) is 1. The van der Waals surface area contributed by atoms with E-state index in [9.17, 15) is 18.0 Å². The number of methoxy groups -OCH3 is 1. The summed E-state index contributed by atoms with van der Waals surface area (Å²) in [5.74, 6) is 0.313. The van der Waals surface area contributed by atoms with Crippen LogP contribution in [0.3, 0.4) is 0 Å². The molecule has 0 aliphatic heterocycles. The molecule has 0 aliphatic rings. The SMILES string of the molecule is CNSC(=O)N(CCCN=S(=O)=O)C(=O)Cc1ccc(OC)cc1. The van der Waals surface area contributed by atoms with E-state index in [1.165, 1.54) is 0 Å². The van der Waals surface area contributed by atoms with Gasteiger partial charge in [0, 0.05) is 18.5 Å². The van der Waals surface area contributed by atoms with Gasteiger partial charge in [0.2, 0.25) is 5.91 Å². The van der Waals surface area contributed by atoms with Crippen molar-refractivity contribution in [2.75, 3.05) is 27.2 Å². The predicted molar refractivity (Wildman–Crippen MR) is 91.3 cm³/mol. The van der Waals surface area contributed by atoms with Crippen molar-refractivity contribution in [1.82, 2.24) is 9.62 Å². The number of carbonyl (C=O) groups is 2. The lowest BCUT2D eigenvalue weighted by Crippen LogP contribution is -2.37. The molecule has 0 saturated carbocycles. The highest BCUT2D eigenvalue weighted by atomic mass is 32.2. The summed E-state index contributed by atoms with van der Waals surface area (Å²) >= 11 is 0.793. The molecule has 1 N–H and O–H groups in total. The molecule has 0 aliphatic carbocycles. The molecule has 1 rings (SSSR count). The molecule has 24 heavy (non-hydrogen) atoms. The van der Waals surface area contributed by atoms with Crippen LogP contribution in [0.25, 0.3) is 0 Å². The Morgan fingerprint density at radius 1 is 1.29 bits per heavy atom. The van der Waals surface area contributed by atoms with Crippen LogP contribution in [0.4, 0.5) is 4.79 Å². The Bertz CT molecular complexity index is 681. The molecule has 0 atom stereocenters. The topological polar surface area (TPSA) is 105 Å². The smallest absolute Gasteiger partial charge is 0.311 e. The second-order valence-electron chi connectivity index (χ2n) is 4.57. The average Bonchev–Trinajstić information content (AvgIpc) is 2.55. The fourth-order valence-electron chi connectivity index (χ4n) is 1.84. The monoisotopic (exact) mass is 373 g/mol. The van der Waals surface area contributed by atoms with E-state index in [0.29, 0.717) is 5.75 Å². The van der Waals surface area contributed by atoms with Gasteiger partial charge in [-0.25, -0.2) is 0 Å². The van der Waals surface area contributed by atoms with Gasteiger partial charge in [0.05, 0.1) is 20.1 Å². The van der Waals surface area contributed by atoms with Crippen molar-refractivity contribution in [1.29, 1.82) is 0 Å². The Balaban J connectivity index is 2.73. The zero-order valence-electron chi connectivity index (χ0n) is 13.4. The summed E-state index contributed by atoms with van der Waals surface area (Å²) in [6.07, 6.45) is 0.336. The Morgan fingerprint density at radius 3 is 2.50 bits per heavy atom. The van der Waals surface area contributed by atoms with E-state index < -0.39 is 15.7 Å². The van der Waals surface area contributed by atoms with Gasteiger partial charge in [-0.1, -0.05) is 12.1 Å². The maximum atomic E-state index is 12.4. The normalized spacial score (nSPS) is 10.1. The molecule has 0 bridgehead atoms. The number of carbonyl (C=O) groups excluding carboxylic acids is 2. The first-order chi connectivity index (χ1) is 11.5. The van der Waals surface area contributed by atoms with E-state index in [1.807, 2.05) is 0 Å². The third-order valence-corrected chi connectivity index (χ3v) is 3.95. The quantitative estimate of drug-likeness (QED) is 0.544. The number of hydrogen-bond acceptors (Lipinski definition) is 8. The van der Waals surface area contributed by atoms with E-state index in [4.69, 9.17) is 4.74 Å². The van der Waals surface area contributed by atoms with Crippen LogP contribution < -0.4 is 9.46 Å². The Labute approximate surface area is 146 Å². The molecule has 1 aromatic rings. The summed E-state index contributed by atoms with van der Waals surface area (Å²) < 4.78 is 31.7. The van der Waals surface area contributed by atoms with Gasteiger partial charge >= 0.3 is 15.7 Å². The van der Waals surface area contributed by atoms with Gasteiger partial charge < -0.3 is 4.74 Å². The van der Waals surface area contributed by atoms with Crippen LogP contribution >= 0.6 is 11.9 Å². The summed E-state index contributed by atoms with van der Waals surface area (Å²) in [5.41, 5.74) is 0.749. The molecule has 0 unspecified atom stereocenters. The zero-order chi connectivity index (χ0) is 17.9. The molecule has 10 heteroatoms. The van der Waals surface area contributed by atoms with E-state index in [2.05, 4.69) is 9.08 Å². The van der Waals surface area contributed by atoms with Crippen molar-refractivity contribution in [3.63, 3.8) is 0 Å². The predicted octanol–water partition coefficient (Wildman–Crippen LogP) is 1.51. The van der Waals surface area contributed by atoms with Crippen LogP contribution in [-0.4, -0.2) is 51.7 Å². The van der Waals surface area contributed by atoms with Gasteiger partial charge in [-0.2, -0.15) is 12.8 Å². The second-order valence-corrected chi connectivity index (χ2v) is 6.22. The highest BCUT2D eigenvalue weighted by Gasteiger charge is 2.21. The third-order valence-electron chi connectivity index (χ3n) is 2.96. The zero-order valence-corrected chi connectivity index (χ0v) is 15.0. The highest BCUT2D eigenvalue weighted by Crippen LogP contribution is 2.14. The number of nitrogens with one attached hydrogen (secondary N) is 1. The van der Waals surface area contributed by atoms with Crippen LogP contribution in [0.2, 0.25) is 0 Å². The molecule has 0 saturated heterocycles. The first kappa shape index (κ1) is 20.1. The standard InChI is InChI=1S/C14H19N3O5S2/c1-15-23-14(19)17(9-3-8-16-24(20)21)13(18)10-11-4-6-12(22-2)7-5-11/h4-7,15H,3,8-10H2,1-2H3. The number of rotatable bonds is 8. The Morgan fingerprint density at radius 2 is 1.96 bits per heavy atom. The Kier molecular flexibility index (Phi) is 9.05. The van der Waals surface area contributed by atoms with Crippen molar-refractivity contribution >= 4 is 33.6 Å². The van der Waals surface area contributed by atoms with E-state index in [0.717, 1.165) is 22.4 Å². The Hall–Kier alpha value is -1.91.